The van der Waals surface area contributed by atoms with Gasteiger partial charge in [0.1, 0.15) is 11.5 Å². The number of aliphatic hydroxyl groups excluding tert-OH is 1. The van der Waals surface area contributed by atoms with Crippen LogP contribution in [0.4, 0.5) is 0 Å². The molecule has 1 heterocycles. The summed E-state index contributed by atoms with van der Waals surface area (Å²) in [6, 6.07) is 11.2. The largest absolute Gasteiger partial charge is 0.497 e. The topological polar surface area (TPSA) is 88.0 Å². The van der Waals surface area contributed by atoms with Gasteiger partial charge >= 0.3 is 0 Å². The van der Waals surface area contributed by atoms with Crippen LogP contribution in [0, 0.1) is 11.8 Å². The molecule has 8 heteroatoms. The van der Waals surface area contributed by atoms with Crippen molar-refractivity contribution in [2.45, 2.75) is 40.2 Å². The summed E-state index contributed by atoms with van der Waals surface area (Å²) < 4.78 is 11.0. The van der Waals surface area contributed by atoms with Crippen molar-refractivity contribution in [3.8, 4) is 17.4 Å². The molecule has 2 aromatic rings. The smallest absolute Gasteiger partial charge is 0.219 e. The van der Waals surface area contributed by atoms with Gasteiger partial charge in [-0.3, -0.25) is 0 Å². The Hall–Kier alpha value is -2.07. The minimum atomic E-state index is 0. The van der Waals surface area contributed by atoms with E-state index in [1.165, 1.54) is 0 Å². The summed E-state index contributed by atoms with van der Waals surface area (Å²) in [7, 11) is 1.63. The minimum absolute atomic E-state index is 0. The fourth-order valence-corrected chi connectivity index (χ4v) is 3.26. The molecular formula is C24H37IN4O3. The molecule has 0 aliphatic rings. The SMILES string of the molecule is CCNC(=NCc1ccc(Oc2cccc(OC)c2)nc1)NCC(CCO)CC(C)C.I. The molecule has 7 nitrogen and oxygen atoms in total. The first-order chi connectivity index (χ1) is 15.0. The van der Waals surface area contributed by atoms with Gasteiger partial charge in [0.2, 0.25) is 5.88 Å². The van der Waals surface area contributed by atoms with Crippen LogP contribution in [-0.2, 0) is 6.54 Å². The third-order valence-corrected chi connectivity index (χ3v) is 4.73. The second-order valence-corrected chi connectivity index (χ2v) is 7.87. The predicted molar refractivity (Wildman–Crippen MR) is 140 cm³/mol. The Balaban J connectivity index is 0.00000512. The maximum atomic E-state index is 9.31. The van der Waals surface area contributed by atoms with E-state index in [2.05, 4.69) is 34.5 Å². The minimum Gasteiger partial charge on any atom is -0.497 e. The highest BCUT2D eigenvalue weighted by Crippen LogP contribution is 2.23. The van der Waals surface area contributed by atoms with Crippen LogP contribution >= 0.6 is 24.0 Å². The lowest BCUT2D eigenvalue weighted by Crippen LogP contribution is -2.40. The summed E-state index contributed by atoms with van der Waals surface area (Å²) in [6.07, 6.45) is 3.64. The predicted octanol–water partition coefficient (Wildman–Crippen LogP) is 4.60. The number of aromatic nitrogens is 1. The maximum Gasteiger partial charge on any atom is 0.219 e. The van der Waals surface area contributed by atoms with Crippen LogP contribution in [0.3, 0.4) is 0 Å². The zero-order chi connectivity index (χ0) is 22.5. The van der Waals surface area contributed by atoms with Crippen molar-refractivity contribution in [1.29, 1.82) is 0 Å². The molecule has 1 aromatic heterocycles. The second kappa shape index (κ2) is 15.7. The van der Waals surface area contributed by atoms with E-state index in [1.807, 2.05) is 43.3 Å². The molecule has 0 spiro atoms. The first-order valence-corrected chi connectivity index (χ1v) is 10.9. The molecule has 0 saturated heterocycles. The van der Waals surface area contributed by atoms with Gasteiger partial charge in [0, 0.05) is 38.0 Å². The van der Waals surface area contributed by atoms with Gasteiger partial charge in [0.05, 0.1) is 13.7 Å². The normalized spacial score (nSPS) is 12.1. The Morgan fingerprint density at radius 3 is 2.56 bits per heavy atom. The van der Waals surface area contributed by atoms with E-state index in [0.29, 0.717) is 30.0 Å². The summed E-state index contributed by atoms with van der Waals surface area (Å²) in [4.78, 5) is 9.05. The third-order valence-electron chi connectivity index (χ3n) is 4.73. The van der Waals surface area contributed by atoms with Crippen LogP contribution in [0.2, 0.25) is 0 Å². The molecule has 0 fully saturated rings. The zero-order valence-corrected chi connectivity index (χ0v) is 21.8. The van der Waals surface area contributed by atoms with Gasteiger partial charge in [-0.2, -0.15) is 0 Å². The summed E-state index contributed by atoms with van der Waals surface area (Å²) in [5, 5.41) is 16.0. The van der Waals surface area contributed by atoms with Crippen LogP contribution in [-0.4, -0.2) is 42.9 Å². The number of aliphatic hydroxyl groups is 1. The highest BCUT2D eigenvalue weighted by atomic mass is 127. The number of methoxy groups -OCH3 is 1. The molecular weight excluding hydrogens is 519 g/mol. The van der Waals surface area contributed by atoms with E-state index >= 15 is 0 Å². The molecule has 178 valence electrons. The van der Waals surface area contributed by atoms with Crippen molar-refractivity contribution in [3.05, 3.63) is 48.2 Å². The number of nitrogens with zero attached hydrogens (tertiary/aromatic N) is 2. The lowest BCUT2D eigenvalue weighted by Gasteiger charge is -2.20. The highest BCUT2D eigenvalue weighted by molar-refractivity contribution is 14.0. The number of hydrogen-bond acceptors (Lipinski definition) is 5. The van der Waals surface area contributed by atoms with Crippen LogP contribution in [0.25, 0.3) is 0 Å². The number of ether oxygens (including phenoxy) is 2. The number of nitrogens with one attached hydrogen (secondary N) is 2. The molecule has 2 rings (SSSR count). The van der Waals surface area contributed by atoms with E-state index in [1.54, 1.807) is 13.3 Å². The average Bonchev–Trinajstić information content (AvgIpc) is 2.76. The molecule has 0 bridgehead atoms. The monoisotopic (exact) mass is 556 g/mol. The van der Waals surface area contributed by atoms with Crippen LogP contribution in [0.1, 0.15) is 39.2 Å². The maximum absolute atomic E-state index is 9.31. The summed E-state index contributed by atoms with van der Waals surface area (Å²) in [6.45, 7) is 8.75. The Morgan fingerprint density at radius 2 is 1.94 bits per heavy atom. The van der Waals surface area contributed by atoms with Gasteiger partial charge in [-0.1, -0.05) is 26.0 Å². The number of aliphatic imine (C=N–C) groups is 1. The molecule has 0 radical (unpaired) electrons. The molecule has 1 aromatic carbocycles. The van der Waals surface area contributed by atoms with Crippen LogP contribution in [0.5, 0.6) is 17.4 Å². The molecule has 0 saturated carbocycles. The number of guanidine groups is 1. The molecule has 3 N–H and O–H groups in total. The summed E-state index contributed by atoms with van der Waals surface area (Å²) in [5.74, 6) is 3.72. The lowest BCUT2D eigenvalue weighted by molar-refractivity contribution is 0.243. The van der Waals surface area contributed by atoms with Gasteiger partial charge in [0.15, 0.2) is 5.96 Å². The molecule has 1 unspecified atom stereocenters. The highest BCUT2D eigenvalue weighted by Gasteiger charge is 2.11. The second-order valence-electron chi connectivity index (χ2n) is 7.87. The number of benzene rings is 1. The third kappa shape index (κ3) is 10.5. The molecule has 1 atom stereocenters. The van der Waals surface area contributed by atoms with Crippen molar-refractivity contribution in [1.82, 2.24) is 15.6 Å². The number of pyridine rings is 1. The van der Waals surface area contributed by atoms with E-state index in [-0.39, 0.29) is 30.6 Å². The Morgan fingerprint density at radius 1 is 1.16 bits per heavy atom. The van der Waals surface area contributed by atoms with Gasteiger partial charge < -0.3 is 25.2 Å². The van der Waals surface area contributed by atoms with Crippen molar-refractivity contribution < 1.29 is 14.6 Å². The number of rotatable bonds is 12. The number of halogens is 1. The first kappa shape index (κ1) is 28.0. The van der Waals surface area contributed by atoms with Gasteiger partial charge in [-0.05, 0) is 49.3 Å². The quantitative estimate of drug-likeness (QED) is 0.201. The molecule has 32 heavy (non-hydrogen) atoms. The van der Waals surface area contributed by atoms with Crippen LogP contribution < -0.4 is 20.1 Å². The fourth-order valence-electron chi connectivity index (χ4n) is 3.26. The fraction of sp³-hybridized carbons (Fsp3) is 0.500. The van der Waals surface area contributed by atoms with Crippen molar-refractivity contribution >= 4 is 29.9 Å². The molecule has 0 aliphatic carbocycles. The lowest BCUT2D eigenvalue weighted by atomic mass is 9.94. The zero-order valence-electron chi connectivity index (χ0n) is 19.5. The standard InChI is InChI=1S/C24H36N4O3.HI/c1-5-25-24(27-15-19(11-12-29)13-18(2)3)28-17-20-9-10-23(26-16-20)31-22-8-6-7-21(14-22)30-4;/h6-10,14,16,18-19,29H,5,11-13,15,17H2,1-4H3,(H2,25,27,28);1H. The van der Waals surface area contributed by atoms with E-state index in [4.69, 9.17) is 9.47 Å². The van der Waals surface area contributed by atoms with Crippen molar-refractivity contribution in [2.24, 2.45) is 16.8 Å². The van der Waals surface area contributed by atoms with Crippen molar-refractivity contribution in [3.63, 3.8) is 0 Å². The van der Waals surface area contributed by atoms with E-state index in [0.717, 1.165) is 43.2 Å². The van der Waals surface area contributed by atoms with E-state index in [9.17, 15) is 5.11 Å². The van der Waals surface area contributed by atoms with Gasteiger partial charge in [-0.15, -0.1) is 24.0 Å². The Bertz CT molecular complexity index is 800. The Labute approximate surface area is 209 Å². The molecule has 0 aliphatic heterocycles. The average molecular weight is 556 g/mol. The van der Waals surface area contributed by atoms with Crippen LogP contribution in [0.15, 0.2) is 47.6 Å². The van der Waals surface area contributed by atoms with Gasteiger partial charge in [-0.25, -0.2) is 9.98 Å². The molecule has 0 amide bonds. The van der Waals surface area contributed by atoms with Gasteiger partial charge in [0.25, 0.3) is 0 Å². The summed E-state index contributed by atoms with van der Waals surface area (Å²) >= 11 is 0. The summed E-state index contributed by atoms with van der Waals surface area (Å²) in [5.41, 5.74) is 0.990. The van der Waals surface area contributed by atoms with Crippen molar-refractivity contribution in [2.75, 3.05) is 26.8 Å². The number of hydrogen-bond donors (Lipinski definition) is 3. The Kier molecular flexibility index (Phi) is 13.7. The first-order valence-electron chi connectivity index (χ1n) is 10.9. The van der Waals surface area contributed by atoms with E-state index < -0.39 is 0 Å².